The van der Waals surface area contributed by atoms with Crippen LogP contribution >= 0.6 is 11.6 Å². The summed E-state index contributed by atoms with van der Waals surface area (Å²) in [5, 5.41) is 5.23. The molecule has 0 spiro atoms. The molecule has 3 amide bonds. The van der Waals surface area contributed by atoms with E-state index in [2.05, 4.69) is 15.6 Å². The fraction of sp³-hybridized carbons (Fsp3) is 0.407. The number of anilines is 1. The van der Waals surface area contributed by atoms with Crippen molar-refractivity contribution in [2.75, 3.05) is 5.32 Å². The molecular weight excluding hydrogens is 578 g/mol. The summed E-state index contributed by atoms with van der Waals surface area (Å²) in [5.74, 6) is -3.99. The molecule has 0 saturated heterocycles. The van der Waals surface area contributed by atoms with Gasteiger partial charge < -0.3 is 16.4 Å². The number of benzene rings is 2. The van der Waals surface area contributed by atoms with Gasteiger partial charge in [0.2, 0.25) is 18.0 Å². The van der Waals surface area contributed by atoms with E-state index in [4.69, 9.17) is 17.3 Å². The minimum atomic E-state index is -4.52. The average Bonchev–Trinajstić information content (AvgIpc) is 2.98. The number of aliphatic imine (C=N–C) groups is 1. The van der Waals surface area contributed by atoms with Gasteiger partial charge in [-0.05, 0) is 31.9 Å². The Morgan fingerprint density at radius 3 is 2.24 bits per heavy atom. The number of hydrogen-bond donors (Lipinski definition) is 3. The van der Waals surface area contributed by atoms with E-state index in [9.17, 15) is 40.7 Å². The van der Waals surface area contributed by atoms with Gasteiger partial charge in [0.15, 0.2) is 0 Å². The molecule has 1 aliphatic heterocycles. The first-order valence-electron chi connectivity index (χ1n) is 12.5. The van der Waals surface area contributed by atoms with Gasteiger partial charge in [-0.2, -0.15) is 26.3 Å². The van der Waals surface area contributed by atoms with Crippen LogP contribution in [0.15, 0.2) is 47.5 Å². The Hall–Kier alpha value is -3.61. The first kappa shape index (κ1) is 33.6. The number of para-hydroxylation sites is 1. The predicted octanol–water partition coefficient (Wildman–Crippen LogP) is 6.06. The van der Waals surface area contributed by atoms with Crippen LogP contribution < -0.4 is 16.4 Å². The monoisotopic (exact) mass is 606 g/mol. The van der Waals surface area contributed by atoms with Gasteiger partial charge in [-0.3, -0.25) is 14.4 Å². The van der Waals surface area contributed by atoms with Crippen LogP contribution in [-0.2, 0) is 14.4 Å². The predicted molar refractivity (Wildman–Crippen MR) is 142 cm³/mol. The highest BCUT2D eigenvalue weighted by atomic mass is 35.5. The molecule has 41 heavy (non-hydrogen) atoms. The third kappa shape index (κ3) is 11.1. The summed E-state index contributed by atoms with van der Waals surface area (Å²) in [7, 11) is 0. The Morgan fingerprint density at radius 2 is 1.71 bits per heavy atom. The van der Waals surface area contributed by atoms with E-state index in [1.807, 2.05) is 19.1 Å². The van der Waals surface area contributed by atoms with Crippen molar-refractivity contribution in [1.29, 1.82) is 0 Å². The Bertz CT molecular complexity index is 1280. The van der Waals surface area contributed by atoms with Gasteiger partial charge in [0.05, 0.1) is 16.4 Å². The van der Waals surface area contributed by atoms with Crippen LogP contribution in [0.25, 0.3) is 0 Å². The summed E-state index contributed by atoms with van der Waals surface area (Å²) in [4.78, 5) is 41.5. The fourth-order valence-corrected chi connectivity index (χ4v) is 4.08. The Balaban J connectivity index is 0.000000745. The van der Waals surface area contributed by atoms with Crippen molar-refractivity contribution in [3.05, 3.63) is 64.2 Å². The second kappa shape index (κ2) is 14.3. The third-order valence-electron chi connectivity index (χ3n) is 5.72. The van der Waals surface area contributed by atoms with Crippen LogP contribution in [0.3, 0.4) is 0 Å². The highest BCUT2D eigenvalue weighted by Crippen LogP contribution is 2.31. The number of nitrogens with two attached hydrogens (primary N) is 1. The summed E-state index contributed by atoms with van der Waals surface area (Å²) in [5.41, 5.74) is 7.83. The molecule has 0 aromatic heterocycles. The number of primary amides is 1. The molecule has 4 N–H and O–H groups in total. The number of carbonyl (C=O) groups excluding carboxylic acids is 3. The highest BCUT2D eigenvalue weighted by Gasteiger charge is 2.34. The minimum Gasteiger partial charge on any atom is -0.370 e. The molecule has 2 aromatic rings. The highest BCUT2D eigenvalue weighted by molar-refractivity contribution is 6.36. The molecule has 1 aliphatic rings. The number of alkyl halides is 6. The number of nitrogens with one attached hydrogen (secondary N) is 2. The zero-order valence-corrected chi connectivity index (χ0v) is 22.9. The van der Waals surface area contributed by atoms with E-state index in [0.29, 0.717) is 16.8 Å². The van der Waals surface area contributed by atoms with Crippen LogP contribution in [0, 0.1) is 12.8 Å². The normalized spacial score (nSPS) is 15.8. The number of fused-ring (bicyclic) bond motifs is 1. The number of halogens is 7. The first-order valence-corrected chi connectivity index (χ1v) is 12.8. The molecule has 7 nitrogen and oxygen atoms in total. The van der Waals surface area contributed by atoms with Crippen molar-refractivity contribution in [2.24, 2.45) is 16.6 Å². The van der Waals surface area contributed by atoms with E-state index < -0.39 is 67.8 Å². The quantitative estimate of drug-likeness (QED) is 0.317. The summed E-state index contributed by atoms with van der Waals surface area (Å²) in [6, 6.07) is 12.2. The topological polar surface area (TPSA) is 114 Å². The van der Waals surface area contributed by atoms with Crippen molar-refractivity contribution in [2.45, 2.75) is 64.5 Å². The molecule has 2 aromatic carbocycles. The van der Waals surface area contributed by atoms with E-state index >= 15 is 0 Å². The number of rotatable bonds is 8. The fourth-order valence-electron chi connectivity index (χ4n) is 3.86. The standard InChI is InChI=1S/C23H22ClF3N4O3.C4H7F3/c1-12-4-2-5-13(10-12)18-15-6-3-7-16(24)19(15)30-22(34)20(29-18)31-21(33)14(11-17(28)32)8-9-23(25,26)27;1-2-3-4(5,6)7/h2-7,10,14,20H,8-9,11H2,1H3,(H2,28,32)(H,30,34)(H,31,33);2-3H2,1H3. The van der Waals surface area contributed by atoms with Crippen LogP contribution in [0.1, 0.15) is 55.7 Å². The van der Waals surface area contributed by atoms with Gasteiger partial charge >= 0.3 is 12.4 Å². The number of nitrogens with zero attached hydrogens (tertiary/aromatic N) is 1. The van der Waals surface area contributed by atoms with Crippen molar-refractivity contribution >= 4 is 40.7 Å². The molecule has 0 saturated carbocycles. The van der Waals surface area contributed by atoms with E-state index in [1.54, 1.807) is 30.3 Å². The molecule has 2 unspecified atom stereocenters. The Kier molecular flexibility index (Phi) is 11.7. The van der Waals surface area contributed by atoms with Crippen LogP contribution in [0.5, 0.6) is 0 Å². The summed E-state index contributed by atoms with van der Waals surface area (Å²) in [6.07, 6.45) is -13.0. The minimum absolute atomic E-state index is 0.184. The van der Waals surface area contributed by atoms with Crippen molar-refractivity contribution in [3.63, 3.8) is 0 Å². The molecule has 0 aliphatic carbocycles. The van der Waals surface area contributed by atoms with E-state index in [-0.39, 0.29) is 17.1 Å². The second-order valence-electron chi connectivity index (χ2n) is 9.30. The number of hydrogen-bond acceptors (Lipinski definition) is 4. The zero-order valence-electron chi connectivity index (χ0n) is 22.1. The van der Waals surface area contributed by atoms with Crippen molar-refractivity contribution < 1.29 is 40.7 Å². The number of amides is 3. The van der Waals surface area contributed by atoms with Gasteiger partial charge in [0.25, 0.3) is 5.91 Å². The molecule has 0 radical (unpaired) electrons. The van der Waals surface area contributed by atoms with Gasteiger partial charge in [-0.15, -0.1) is 0 Å². The second-order valence-corrected chi connectivity index (χ2v) is 9.70. The van der Waals surface area contributed by atoms with Crippen LogP contribution in [-0.4, -0.2) is 42.0 Å². The maximum absolute atomic E-state index is 12.9. The molecule has 0 fully saturated rings. The smallest absolute Gasteiger partial charge is 0.370 e. The van der Waals surface area contributed by atoms with Gasteiger partial charge in [-0.25, -0.2) is 4.99 Å². The number of carbonyl (C=O) groups is 3. The molecule has 2 atom stereocenters. The van der Waals surface area contributed by atoms with Crippen molar-refractivity contribution in [1.82, 2.24) is 5.32 Å². The van der Waals surface area contributed by atoms with E-state index in [0.717, 1.165) is 5.56 Å². The lowest BCUT2D eigenvalue weighted by atomic mass is 9.97. The van der Waals surface area contributed by atoms with Crippen molar-refractivity contribution in [3.8, 4) is 0 Å². The molecule has 1 heterocycles. The maximum Gasteiger partial charge on any atom is 0.389 e. The molecule has 3 rings (SSSR count). The summed E-state index contributed by atoms with van der Waals surface area (Å²) in [6.45, 7) is 3.38. The zero-order chi connectivity index (χ0) is 31.0. The van der Waals surface area contributed by atoms with Gasteiger partial charge in [0.1, 0.15) is 0 Å². The maximum atomic E-state index is 12.9. The lowest BCUT2D eigenvalue weighted by Crippen LogP contribution is -2.45. The lowest BCUT2D eigenvalue weighted by Gasteiger charge is -2.19. The largest absolute Gasteiger partial charge is 0.389 e. The summed E-state index contributed by atoms with van der Waals surface area (Å²) >= 11 is 6.29. The Labute approximate surface area is 237 Å². The number of benzodiazepines with no additional fused rings is 1. The van der Waals surface area contributed by atoms with Crippen LogP contribution in [0.4, 0.5) is 32.0 Å². The molecule has 14 heteroatoms. The summed E-state index contributed by atoms with van der Waals surface area (Å²) < 4.78 is 71.3. The number of aryl methyl sites for hydroxylation is 1. The van der Waals surface area contributed by atoms with Crippen LogP contribution in [0.2, 0.25) is 5.02 Å². The molecule has 224 valence electrons. The molecule has 0 bridgehead atoms. The average molecular weight is 607 g/mol. The Morgan fingerprint density at radius 1 is 1.07 bits per heavy atom. The van der Waals surface area contributed by atoms with E-state index in [1.165, 1.54) is 6.92 Å². The first-order chi connectivity index (χ1) is 19.0. The lowest BCUT2D eigenvalue weighted by molar-refractivity contribution is -0.143. The third-order valence-corrected chi connectivity index (χ3v) is 6.04. The molecular formula is C27H29ClF6N4O3. The van der Waals surface area contributed by atoms with Gasteiger partial charge in [-0.1, -0.05) is 54.4 Å². The SMILES string of the molecule is CCCC(F)(F)F.Cc1cccc(C2=NC(NC(=O)C(CCC(F)(F)F)CC(N)=O)C(=O)Nc3c(Cl)cccc32)c1. The van der Waals surface area contributed by atoms with Gasteiger partial charge in [0, 0.05) is 36.3 Å².